The maximum absolute atomic E-state index is 12.6. The van der Waals surface area contributed by atoms with Crippen molar-refractivity contribution in [3.05, 3.63) is 35.9 Å². The van der Waals surface area contributed by atoms with Crippen molar-refractivity contribution in [1.29, 1.82) is 0 Å². The molecule has 4 nitrogen and oxygen atoms in total. The molecule has 0 aliphatic rings. The molecule has 1 heterocycles. The van der Waals surface area contributed by atoms with Crippen LogP contribution in [-0.2, 0) is 5.33 Å². The lowest BCUT2D eigenvalue weighted by atomic mass is 10.2. The second-order valence-electron chi connectivity index (χ2n) is 2.78. The monoisotopic (exact) mass is 268 g/mol. The molecule has 76 valence electrons. The number of hydrogen-bond donors (Lipinski definition) is 0. The molecule has 0 aliphatic carbocycles. The summed E-state index contributed by atoms with van der Waals surface area (Å²) in [5.41, 5.74) is 0.692. The second kappa shape index (κ2) is 4.39. The molecule has 2 rings (SSSR count). The quantitative estimate of drug-likeness (QED) is 0.782. The Hall–Kier alpha value is -1.43. The van der Waals surface area contributed by atoms with Crippen LogP contribution in [0.25, 0.3) is 11.4 Å². The Balaban J connectivity index is 2.33. The van der Waals surface area contributed by atoms with Gasteiger partial charge in [-0.15, -0.1) is 20.4 Å². The summed E-state index contributed by atoms with van der Waals surface area (Å²) in [5, 5.41) is 15.9. The lowest BCUT2D eigenvalue weighted by molar-refractivity contribution is 0.628. The number of aromatic nitrogens is 4. The number of hydrogen-bond acceptors (Lipinski definition) is 4. The van der Waals surface area contributed by atoms with E-state index in [1.165, 1.54) is 12.1 Å². The van der Waals surface area contributed by atoms with Gasteiger partial charge in [0.05, 0.1) is 5.33 Å². The molecule has 0 aliphatic heterocycles. The van der Waals surface area contributed by atoms with Crippen molar-refractivity contribution >= 4 is 15.9 Å². The van der Waals surface area contributed by atoms with Crippen LogP contribution in [0.5, 0.6) is 0 Å². The standard InChI is InChI=1S/C9H6BrFN4/c10-5-8-12-14-9(15-13-8)6-1-3-7(11)4-2-6/h1-4H,5H2. The molecule has 0 atom stereocenters. The summed E-state index contributed by atoms with van der Waals surface area (Å²) in [6.45, 7) is 0. The third-order valence-electron chi connectivity index (χ3n) is 1.74. The van der Waals surface area contributed by atoms with Gasteiger partial charge in [-0.25, -0.2) is 4.39 Å². The molecule has 0 unspecified atom stereocenters. The first-order valence-electron chi connectivity index (χ1n) is 4.18. The molecule has 0 amide bonds. The first-order chi connectivity index (χ1) is 7.29. The van der Waals surface area contributed by atoms with Crippen molar-refractivity contribution in [2.45, 2.75) is 5.33 Å². The topological polar surface area (TPSA) is 51.6 Å². The van der Waals surface area contributed by atoms with E-state index in [0.29, 0.717) is 22.5 Å². The van der Waals surface area contributed by atoms with Crippen molar-refractivity contribution in [3.63, 3.8) is 0 Å². The number of halogens is 2. The van der Waals surface area contributed by atoms with E-state index in [0.717, 1.165) is 0 Å². The fourth-order valence-corrected chi connectivity index (χ4v) is 1.24. The summed E-state index contributed by atoms with van der Waals surface area (Å²) in [7, 11) is 0. The smallest absolute Gasteiger partial charge is 0.203 e. The van der Waals surface area contributed by atoms with Gasteiger partial charge in [-0.05, 0) is 24.3 Å². The summed E-state index contributed by atoms with van der Waals surface area (Å²) in [5.74, 6) is 0.609. The summed E-state index contributed by atoms with van der Waals surface area (Å²) in [6, 6.07) is 5.86. The SMILES string of the molecule is Fc1ccc(-c2nnc(CBr)nn2)cc1. The van der Waals surface area contributed by atoms with Crippen molar-refractivity contribution in [1.82, 2.24) is 20.4 Å². The van der Waals surface area contributed by atoms with Crippen LogP contribution in [-0.4, -0.2) is 20.4 Å². The Morgan fingerprint density at radius 3 is 2.13 bits per heavy atom. The average Bonchev–Trinajstić information content (AvgIpc) is 2.30. The summed E-state index contributed by atoms with van der Waals surface area (Å²) >= 11 is 3.19. The molecule has 1 aromatic carbocycles. The molecular formula is C9H6BrFN4. The predicted molar refractivity (Wildman–Crippen MR) is 55.6 cm³/mol. The first-order valence-corrected chi connectivity index (χ1v) is 5.30. The molecule has 0 saturated heterocycles. The molecule has 15 heavy (non-hydrogen) atoms. The minimum absolute atomic E-state index is 0.295. The maximum Gasteiger partial charge on any atom is 0.203 e. The lowest BCUT2D eigenvalue weighted by Crippen LogP contribution is -2.00. The van der Waals surface area contributed by atoms with Crippen molar-refractivity contribution in [2.24, 2.45) is 0 Å². The van der Waals surface area contributed by atoms with Gasteiger partial charge in [-0.2, -0.15) is 0 Å². The van der Waals surface area contributed by atoms with Gasteiger partial charge in [0.1, 0.15) is 5.82 Å². The third-order valence-corrected chi connectivity index (χ3v) is 2.24. The van der Waals surface area contributed by atoms with Gasteiger partial charge in [0.15, 0.2) is 5.82 Å². The zero-order chi connectivity index (χ0) is 10.7. The summed E-state index contributed by atoms with van der Waals surface area (Å²) in [4.78, 5) is 0. The molecule has 0 radical (unpaired) electrons. The van der Waals surface area contributed by atoms with Gasteiger partial charge in [0.25, 0.3) is 0 Å². The number of nitrogens with zero attached hydrogens (tertiary/aromatic N) is 4. The molecule has 6 heteroatoms. The Labute approximate surface area is 93.7 Å². The van der Waals surface area contributed by atoms with Crippen molar-refractivity contribution in [3.8, 4) is 11.4 Å². The van der Waals surface area contributed by atoms with Crippen LogP contribution in [0, 0.1) is 5.82 Å². The normalized spacial score (nSPS) is 10.3. The number of benzene rings is 1. The molecule has 0 saturated carbocycles. The average molecular weight is 269 g/mol. The van der Waals surface area contributed by atoms with Crippen LogP contribution >= 0.6 is 15.9 Å². The highest BCUT2D eigenvalue weighted by molar-refractivity contribution is 9.08. The third kappa shape index (κ3) is 2.33. The van der Waals surface area contributed by atoms with E-state index in [-0.39, 0.29) is 5.82 Å². The molecule has 1 aromatic heterocycles. The predicted octanol–water partition coefficient (Wildman–Crippen LogP) is 1.97. The Kier molecular flexibility index (Phi) is 2.96. The van der Waals surface area contributed by atoms with E-state index in [4.69, 9.17) is 0 Å². The molecule has 0 N–H and O–H groups in total. The van der Waals surface area contributed by atoms with Gasteiger partial charge in [0.2, 0.25) is 5.82 Å². The number of rotatable bonds is 2. The van der Waals surface area contributed by atoms with Crippen molar-refractivity contribution < 1.29 is 4.39 Å². The second-order valence-corrected chi connectivity index (χ2v) is 3.34. The van der Waals surface area contributed by atoms with Gasteiger partial charge < -0.3 is 0 Å². The van der Waals surface area contributed by atoms with E-state index in [1.807, 2.05) is 0 Å². The maximum atomic E-state index is 12.6. The minimum atomic E-state index is -0.295. The van der Waals surface area contributed by atoms with Crippen molar-refractivity contribution in [2.75, 3.05) is 0 Å². The van der Waals surface area contributed by atoms with Crippen LogP contribution in [0.1, 0.15) is 5.82 Å². The van der Waals surface area contributed by atoms with E-state index in [2.05, 4.69) is 36.3 Å². The minimum Gasteiger partial charge on any atom is -0.207 e. The molecule has 0 bridgehead atoms. The highest BCUT2D eigenvalue weighted by atomic mass is 79.9. The fraction of sp³-hybridized carbons (Fsp3) is 0.111. The molecule has 0 spiro atoms. The van der Waals surface area contributed by atoms with Crippen LogP contribution in [0.15, 0.2) is 24.3 Å². The van der Waals surface area contributed by atoms with Crippen LogP contribution in [0.4, 0.5) is 4.39 Å². The van der Waals surface area contributed by atoms with Gasteiger partial charge in [-0.3, -0.25) is 0 Å². The first kappa shape index (κ1) is 10.1. The van der Waals surface area contributed by atoms with E-state index in [1.54, 1.807) is 12.1 Å². The Bertz CT molecular complexity index is 443. The van der Waals surface area contributed by atoms with Crippen LogP contribution < -0.4 is 0 Å². The van der Waals surface area contributed by atoms with E-state index < -0.39 is 0 Å². The van der Waals surface area contributed by atoms with Crippen LogP contribution in [0.2, 0.25) is 0 Å². The molecular weight excluding hydrogens is 263 g/mol. The highest BCUT2D eigenvalue weighted by Gasteiger charge is 2.03. The summed E-state index contributed by atoms with van der Waals surface area (Å²) < 4.78 is 12.6. The van der Waals surface area contributed by atoms with Gasteiger partial charge in [-0.1, -0.05) is 15.9 Å². The van der Waals surface area contributed by atoms with E-state index in [9.17, 15) is 4.39 Å². The zero-order valence-electron chi connectivity index (χ0n) is 7.56. The largest absolute Gasteiger partial charge is 0.207 e. The Morgan fingerprint density at radius 2 is 1.60 bits per heavy atom. The van der Waals surface area contributed by atoms with Gasteiger partial charge >= 0.3 is 0 Å². The van der Waals surface area contributed by atoms with Gasteiger partial charge in [0, 0.05) is 5.56 Å². The molecule has 2 aromatic rings. The lowest BCUT2D eigenvalue weighted by Gasteiger charge is -1.97. The Morgan fingerprint density at radius 1 is 1.00 bits per heavy atom. The number of alkyl halides is 1. The molecule has 0 fully saturated rings. The van der Waals surface area contributed by atoms with E-state index >= 15 is 0 Å². The summed E-state index contributed by atoms with van der Waals surface area (Å²) in [6.07, 6.45) is 0. The van der Waals surface area contributed by atoms with Crippen LogP contribution in [0.3, 0.4) is 0 Å². The zero-order valence-corrected chi connectivity index (χ0v) is 9.15. The highest BCUT2D eigenvalue weighted by Crippen LogP contribution is 2.13. The fourth-order valence-electron chi connectivity index (χ4n) is 1.02.